The molecule has 0 atom stereocenters. The van der Waals surface area contributed by atoms with Gasteiger partial charge < -0.3 is 10.1 Å². The third-order valence-corrected chi connectivity index (χ3v) is 6.93. The zero-order chi connectivity index (χ0) is 21.2. The number of sulfonamides is 1. The van der Waals surface area contributed by atoms with E-state index in [9.17, 15) is 18.0 Å². The summed E-state index contributed by atoms with van der Waals surface area (Å²) in [6, 6.07) is 9.99. The number of aryl methyl sites for hydroxylation is 1. The van der Waals surface area contributed by atoms with E-state index in [0.717, 1.165) is 12.0 Å². The van der Waals surface area contributed by atoms with Crippen molar-refractivity contribution in [3.63, 3.8) is 0 Å². The van der Waals surface area contributed by atoms with Crippen molar-refractivity contribution < 1.29 is 22.7 Å². The Balaban J connectivity index is 1.91. The standard InChI is InChI=1S/C21H24N2O5S/c1-14-9-10-16(13-19(14)23-11-4-5-12-29(23,26)27)20(24)22-18-8-6-7-17(15(18)2)21(25)28-3/h6-10,13H,4-5,11-12H2,1-3H3,(H,22,24). The van der Waals surface area contributed by atoms with Crippen LogP contribution in [-0.2, 0) is 14.8 Å². The highest BCUT2D eigenvalue weighted by atomic mass is 32.2. The third-order valence-electron chi connectivity index (χ3n) is 5.08. The molecule has 0 radical (unpaired) electrons. The van der Waals surface area contributed by atoms with Gasteiger partial charge in [-0.2, -0.15) is 0 Å². The van der Waals surface area contributed by atoms with Crippen molar-refractivity contribution in [2.75, 3.05) is 29.0 Å². The highest BCUT2D eigenvalue weighted by molar-refractivity contribution is 7.92. The van der Waals surface area contributed by atoms with E-state index in [1.807, 2.05) is 6.92 Å². The summed E-state index contributed by atoms with van der Waals surface area (Å²) in [7, 11) is -2.07. The zero-order valence-corrected chi connectivity index (χ0v) is 17.5. The maximum absolute atomic E-state index is 12.8. The van der Waals surface area contributed by atoms with Gasteiger partial charge in [0.05, 0.1) is 24.1 Å². The summed E-state index contributed by atoms with van der Waals surface area (Å²) in [5, 5.41) is 2.80. The van der Waals surface area contributed by atoms with Crippen LogP contribution in [0.25, 0.3) is 0 Å². The fourth-order valence-electron chi connectivity index (χ4n) is 3.38. The van der Waals surface area contributed by atoms with Gasteiger partial charge in [-0.1, -0.05) is 12.1 Å². The molecule has 154 valence electrons. The van der Waals surface area contributed by atoms with Crippen molar-refractivity contribution in [3.05, 3.63) is 58.7 Å². The van der Waals surface area contributed by atoms with Crippen LogP contribution < -0.4 is 9.62 Å². The molecule has 1 amide bonds. The highest BCUT2D eigenvalue weighted by Crippen LogP contribution is 2.28. The summed E-state index contributed by atoms with van der Waals surface area (Å²) in [6.45, 7) is 3.96. The summed E-state index contributed by atoms with van der Waals surface area (Å²) in [4.78, 5) is 24.7. The number of nitrogens with zero attached hydrogens (tertiary/aromatic N) is 1. The Morgan fingerprint density at radius 1 is 1.10 bits per heavy atom. The minimum absolute atomic E-state index is 0.113. The maximum atomic E-state index is 12.8. The molecule has 1 saturated heterocycles. The summed E-state index contributed by atoms with van der Waals surface area (Å²) in [6.07, 6.45) is 1.43. The van der Waals surface area contributed by atoms with Crippen LogP contribution >= 0.6 is 0 Å². The number of nitrogens with one attached hydrogen (secondary N) is 1. The van der Waals surface area contributed by atoms with Crippen molar-refractivity contribution in [1.82, 2.24) is 0 Å². The molecule has 1 fully saturated rings. The van der Waals surface area contributed by atoms with Gasteiger partial charge >= 0.3 is 5.97 Å². The topological polar surface area (TPSA) is 92.8 Å². The molecule has 7 nitrogen and oxygen atoms in total. The average Bonchev–Trinajstić information content (AvgIpc) is 2.69. The van der Waals surface area contributed by atoms with Crippen molar-refractivity contribution in [3.8, 4) is 0 Å². The van der Waals surface area contributed by atoms with E-state index in [1.165, 1.54) is 11.4 Å². The molecule has 1 aliphatic heterocycles. The van der Waals surface area contributed by atoms with Crippen molar-refractivity contribution >= 4 is 33.3 Å². The Morgan fingerprint density at radius 3 is 2.55 bits per heavy atom. The lowest BCUT2D eigenvalue weighted by Gasteiger charge is -2.29. The Hall–Kier alpha value is -2.87. The van der Waals surface area contributed by atoms with Crippen LogP contribution in [-0.4, -0.2) is 39.7 Å². The average molecular weight is 416 g/mol. The first-order valence-electron chi connectivity index (χ1n) is 9.35. The number of hydrogen-bond donors (Lipinski definition) is 1. The second-order valence-corrected chi connectivity index (χ2v) is 9.03. The molecule has 1 heterocycles. The molecule has 1 aliphatic rings. The lowest BCUT2D eigenvalue weighted by molar-refractivity contribution is 0.0599. The first-order valence-corrected chi connectivity index (χ1v) is 11.0. The smallest absolute Gasteiger partial charge is 0.338 e. The quantitative estimate of drug-likeness (QED) is 0.772. The van der Waals surface area contributed by atoms with Crippen LogP contribution in [0.4, 0.5) is 11.4 Å². The monoisotopic (exact) mass is 416 g/mol. The summed E-state index contributed by atoms with van der Waals surface area (Å²) >= 11 is 0. The number of methoxy groups -OCH3 is 1. The first-order chi connectivity index (χ1) is 13.7. The van der Waals surface area contributed by atoms with Crippen LogP contribution in [0.15, 0.2) is 36.4 Å². The number of hydrogen-bond acceptors (Lipinski definition) is 5. The number of carbonyl (C=O) groups is 2. The van der Waals surface area contributed by atoms with E-state index in [2.05, 4.69) is 5.32 Å². The lowest BCUT2D eigenvalue weighted by Crippen LogP contribution is -2.38. The molecule has 29 heavy (non-hydrogen) atoms. The Bertz CT molecular complexity index is 1060. The number of carbonyl (C=O) groups excluding carboxylic acids is 2. The van der Waals surface area contributed by atoms with E-state index in [1.54, 1.807) is 43.3 Å². The molecule has 1 N–H and O–H groups in total. The van der Waals surface area contributed by atoms with E-state index < -0.39 is 16.0 Å². The normalized spacial score (nSPS) is 15.6. The predicted molar refractivity (Wildman–Crippen MR) is 112 cm³/mol. The lowest BCUT2D eigenvalue weighted by atomic mass is 10.1. The summed E-state index contributed by atoms with van der Waals surface area (Å²) in [5.74, 6) is -0.750. The fraction of sp³-hybridized carbons (Fsp3) is 0.333. The number of benzene rings is 2. The maximum Gasteiger partial charge on any atom is 0.338 e. The number of amides is 1. The minimum atomic E-state index is -3.37. The Kier molecular flexibility index (Phi) is 5.93. The van der Waals surface area contributed by atoms with Gasteiger partial charge in [-0.05, 0) is 62.1 Å². The minimum Gasteiger partial charge on any atom is -0.465 e. The van der Waals surface area contributed by atoms with Gasteiger partial charge in [0.25, 0.3) is 5.91 Å². The second kappa shape index (κ2) is 8.24. The first kappa shape index (κ1) is 20.9. The molecule has 0 spiro atoms. The summed E-state index contributed by atoms with van der Waals surface area (Å²) in [5.41, 5.74) is 3.11. The van der Waals surface area contributed by atoms with Crippen LogP contribution in [0.1, 0.15) is 44.7 Å². The van der Waals surface area contributed by atoms with Crippen molar-refractivity contribution in [2.24, 2.45) is 0 Å². The van der Waals surface area contributed by atoms with Gasteiger partial charge in [-0.3, -0.25) is 9.10 Å². The largest absolute Gasteiger partial charge is 0.465 e. The van der Waals surface area contributed by atoms with Crippen LogP contribution in [0.5, 0.6) is 0 Å². The predicted octanol–water partition coefficient (Wildman–Crippen LogP) is 3.27. The van der Waals surface area contributed by atoms with Gasteiger partial charge in [-0.15, -0.1) is 0 Å². The molecule has 0 bridgehead atoms. The molecule has 0 aliphatic carbocycles. The molecule has 2 aromatic rings. The molecule has 3 rings (SSSR count). The van der Waals surface area contributed by atoms with E-state index in [0.29, 0.717) is 41.0 Å². The molecule has 0 unspecified atom stereocenters. The van der Waals surface area contributed by atoms with E-state index in [-0.39, 0.29) is 11.7 Å². The third kappa shape index (κ3) is 4.27. The second-order valence-electron chi connectivity index (χ2n) is 7.02. The number of esters is 1. The molecular formula is C21H24N2O5S. The van der Waals surface area contributed by atoms with Gasteiger partial charge in [0.2, 0.25) is 10.0 Å². The Morgan fingerprint density at radius 2 is 1.86 bits per heavy atom. The number of anilines is 2. The van der Waals surface area contributed by atoms with Gasteiger partial charge in [0.1, 0.15) is 0 Å². The molecular weight excluding hydrogens is 392 g/mol. The van der Waals surface area contributed by atoms with Gasteiger partial charge in [-0.25, -0.2) is 13.2 Å². The van der Waals surface area contributed by atoms with E-state index in [4.69, 9.17) is 4.74 Å². The summed E-state index contributed by atoms with van der Waals surface area (Å²) < 4.78 is 31.1. The molecule has 0 aromatic heterocycles. The van der Waals surface area contributed by atoms with Gasteiger partial charge in [0, 0.05) is 17.8 Å². The van der Waals surface area contributed by atoms with Crippen LogP contribution in [0.3, 0.4) is 0 Å². The SMILES string of the molecule is COC(=O)c1cccc(NC(=O)c2ccc(C)c(N3CCCCS3(=O)=O)c2)c1C. The molecule has 8 heteroatoms. The van der Waals surface area contributed by atoms with Gasteiger partial charge in [0.15, 0.2) is 0 Å². The zero-order valence-electron chi connectivity index (χ0n) is 16.7. The van der Waals surface area contributed by atoms with E-state index >= 15 is 0 Å². The number of ether oxygens (including phenoxy) is 1. The molecule has 0 saturated carbocycles. The van der Waals surface area contributed by atoms with Crippen LogP contribution in [0, 0.1) is 13.8 Å². The molecule has 2 aromatic carbocycles. The van der Waals surface area contributed by atoms with Crippen LogP contribution in [0.2, 0.25) is 0 Å². The number of rotatable bonds is 4. The Labute approximate surface area is 170 Å². The van der Waals surface area contributed by atoms with Crippen molar-refractivity contribution in [1.29, 1.82) is 0 Å². The highest BCUT2D eigenvalue weighted by Gasteiger charge is 2.27. The van der Waals surface area contributed by atoms with Crippen molar-refractivity contribution in [2.45, 2.75) is 26.7 Å². The fourth-order valence-corrected chi connectivity index (χ4v) is 5.07.